The van der Waals surface area contributed by atoms with Crippen molar-refractivity contribution in [1.29, 1.82) is 0 Å². The van der Waals surface area contributed by atoms with Crippen LogP contribution in [0.1, 0.15) is 0 Å². The highest BCUT2D eigenvalue weighted by Crippen LogP contribution is 2.04. The number of nitrogens with zero attached hydrogens (tertiary/aromatic N) is 2. The zero-order valence-corrected chi connectivity index (χ0v) is 6.95. The molecule has 0 aromatic carbocycles. The quantitative estimate of drug-likeness (QED) is 0.466. The van der Waals surface area contributed by atoms with E-state index in [4.69, 9.17) is 10.8 Å². The molecule has 0 bridgehead atoms. The number of quaternary nitrogens is 1. The normalized spacial score (nSPS) is 10.6. The van der Waals surface area contributed by atoms with Gasteiger partial charge < -0.3 is 16.6 Å². The van der Waals surface area contributed by atoms with Gasteiger partial charge in [-0.15, -0.1) is 0 Å². The molecule has 0 radical (unpaired) electrons. The molecule has 12 heavy (non-hydrogen) atoms. The Kier molecular flexibility index (Phi) is 2.20. The fourth-order valence-corrected chi connectivity index (χ4v) is 1.07. The lowest BCUT2D eigenvalue weighted by molar-refractivity contribution is -0.264. The number of nitrogen functional groups attached to an aromatic ring is 1. The first-order chi connectivity index (χ1) is 5.59. The van der Waals surface area contributed by atoms with Gasteiger partial charge in [-0.3, -0.25) is 4.79 Å². The Morgan fingerprint density at radius 2 is 2.25 bits per heavy atom. The van der Waals surface area contributed by atoms with Crippen LogP contribution in [0.2, 0.25) is 0 Å². The second-order valence-corrected chi connectivity index (χ2v) is 2.54. The van der Waals surface area contributed by atoms with Crippen molar-refractivity contribution in [3.05, 3.63) is 10.4 Å². The van der Waals surface area contributed by atoms with E-state index in [9.17, 15) is 4.79 Å². The molecular formula is C6H13N4O2+. The highest BCUT2D eigenvalue weighted by Gasteiger charge is 2.14. The first-order valence-electron chi connectivity index (χ1n) is 3.57. The average Bonchev–Trinajstić information content (AvgIpc) is 2.23. The van der Waals surface area contributed by atoms with Crippen LogP contribution >= 0.6 is 0 Å². The number of hydrogen-bond donors (Lipinski definition) is 3. The first-order valence-corrected chi connectivity index (χ1v) is 3.57. The number of rotatable bonds is 2. The van der Waals surface area contributed by atoms with Gasteiger partial charge in [0.2, 0.25) is 5.82 Å². The third-order valence-corrected chi connectivity index (χ3v) is 1.84. The van der Waals surface area contributed by atoms with Crippen LogP contribution in [-0.2, 0) is 13.6 Å². The summed E-state index contributed by atoms with van der Waals surface area (Å²) in [5.74, 6) is 0.480. The smallest absolute Gasteiger partial charge is 0.296 e. The average molecular weight is 173 g/mol. The van der Waals surface area contributed by atoms with Crippen LogP contribution in [0.25, 0.3) is 0 Å². The van der Waals surface area contributed by atoms with Gasteiger partial charge in [0.1, 0.15) is 0 Å². The van der Waals surface area contributed by atoms with Crippen molar-refractivity contribution in [2.45, 2.75) is 6.54 Å². The molecular weight excluding hydrogens is 160 g/mol. The van der Waals surface area contributed by atoms with E-state index in [0.29, 0.717) is 5.82 Å². The van der Waals surface area contributed by atoms with E-state index >= 15 is 0 Å². The molecule has 0 aliphatic heterocycles. The molecule has 1 heterocycles. The molecule has 6 N–H and O–H groups in total. The molecule has 0 unspecified atom stereocenters. The molecule has 6 heteroatoms. The lowest BCUT2D eigenvalue weighted by atomic mass is 10.5. The lowest BCUT2D eigenvalue weighted by Gasteiger charge is -2.02. The molecule has 0 saturated heterocycles. The second-order valence-electron chi connectivity index (χ2n) is 2.54. The molecule has 0 atom stereocenters. The summed E-state index contributed by atoms with van der Waals surface area (Å²) in [6.45, 7) is 0.158. The van der Waals surface area contributed by atoms with E-state index < -0.39 is 0 Å². The molecule has 68 valence electrons. The number of aromatic nitrogens is 2. The van der Waals surface area contributed by atoms with Gasteiger partial charge in [-0.1, -0.05) is 0 Å². The summed E-state index contributed by atoms with van der Waals surface area (Å²) in [5, 5.41) is 8.63. The van der Waals surface area contributed by atoms with Gasteiger partial charge in [-0.25, -0.2) is 9.36 Å². The van der Waals surface area contributed by atoms with Gasteiger partial charge in [0.15, 0.2) is 5.69 Å². The van der Waals surface area contributed by atoms with E-state index in [1.807, 2.05) is 0 Å². The van der Waals surface area contributed by atoms with Gasteiger partial charge >= 0.3 is 0 Å². The molecule has 1 aromatic heterocycles. The molecule has 1 rings (SSSR count). The van der Waals surface area contributed by atoms with Crippen LogP contribution in [0, 0.1) is 0 Å². The van der Waals surface area contributed by atoms with Crippen molar-refractivity contribution in [3.8, 4) is 0 Å². The van der Waals surface area contributed by atoms with Gasteiger partial charge in [0.05, 0.1) is 13.2 Å². The number of hydrogen-bond acceptors (Lipinski definition) is 3. The lowest BCUT2D eigenvalue weighted by Crippen LogP contribution is -2.44. The Morgan fingerprint density at radius 1 is 1.67 bits per heavy atom. The number of anilines is 1. The third-order valence-electron chi connectivity index (χ3n) is 1.84. The van der Waals surface area contributed by atoms with Crippen molar-refractivity contribution < 1.29 is 10.8 Å². The van der Waals surface area contributed by atoms with Crippen LogP contribution in [0.5, 0.6) is 0 Å². The fraction of sp³-hybridized carbons (Fsp3) is 0.500. The predicted molar refractivity (Wildman–Crippen MR) is 43.7 cm³/mol. The largest absolute Gasteiger partial charge is 0.394 e. The minimum Gasteiger partial charge on any atom is -0.394 e. The summed E-state index contributed by atoms with van der Waals surface area (Å²) < 4.78 is 2.88. The van der Waals surface area contributed by atoms with Crippen LogP contribution in [0.15, 0.2) is 4.79 Å². The summed E-state index contributed by atoms with van der Waals surface area (Å²) in [6, 6.07) is 0. The molecule has 1 aromatic rings. The first kappa shape index (κ1) is 8.82. The van der Waals surface area contributed by atoms with Gasteiger partial charge in [-0.05, 0) is 0 Å². The minimum absolute atomic E-state index is 0.0867. The van der Waals surface area contributed by atoms with Crippen LogP contribution < -0.4 is 17.0 Å². The summed E-state index contributed by atoms with van der Waals surface area (Å²) in [7, 11) is 1.68. The highest BCUT2D eigenvalue weighted by atomic mass is 16.3. The SMILES string of the molecule is Cn1c([NH3+])c(N)c(=O)n1CCO. The van der Waals surface area contributed by atoms with Crippen LogP contribution in [0.3, 0.4) is 0 Å². The molecule has 6 nitrogen and oxygen atoms in total. The highest BCUT2D eigenvalue weighted by molar-refractivity contribution is 5.50. The van der Waals surface area contributed by atoms with E-state index in [1.54, 1.807) is 7.05 Å². The Labute approximate surface area is 69.0 Å². The molecule has 0 amide bonds. The zero-order valence-electron chi connectivity index (χ0n) is 6.95. The predicted octanol–water partition coefficient (Wildman–Crippen LogP) is -2.37. The summed E-state index contributed by atoms with van der Waals surface area (Å²) in [5.41, 5.74) is 8.90. The van der Waals surface area contributed by atoms with Crippen molar-refractivity contribution in [1.82, 2.24) is 9.36 Å². The van der Waals surface area contributed by atoms with Crippen molar-refractivity contribution in [3.63, 3.8) is 0 Å². The number of nitrogens with two attached hydrogens (primary N) is 1. The molecule has 0 spiro atoms. The number of aliphatic hydroxyl groups excluding tert-OH is 1. The van der Waals surface area contributed by atoms with Crippen molar-refractivity contribution >= 4 is 11.5 Å². The van der Waals surface area contributed by atoms with Gasteiger partial charge in [0, 0.05) is 7.05 Å². The minimum atomic E-state index is -0.295. The second kappa shape index (κ2) is 3.00. The summed E-state index contributed by atoms with van der Waals surface area (Å²) >= 11 is 0. The van der Waals surface area contributed by atoms with Crippen molar-refractivity contribution in [2.75, 3.05) is 12.3 Å². The maximum Gasteiger partial charge on any atom is 0.296 e. The van der Waals surface area contributed by atoms with Crippen LogP contribution in [-0.4, -0.2) is 21.1 Å². The van der Waals surface area contributed by atoms with E-state index in [2.05, 4.69) is 5.73 Å². The van der Waals surface area contributed by atoms with Gasteiger partial charge in [0.25, 0.3) is 5.56 Å². The maximum absolute atomic E-state index is 11.3. The molecule has 0 aliphatic rings. The fourth-order valence-electron chi connectivity index (χ4n) is 1.07. The molecule has 0 saturated carbocycles. The van der Waals surface area contributed by atoms with E-state index in [1.165, 1.54) is 9.36 Å². The Bertz CT molecular complexity index is 338. The molecule has 0 fully saturated rings. The Hall–Kier alpha value is -1.27. The van der Waals surface area contributed by atoms with Crippen molar-refractivity contribution in [2.24, 2.45) is 7.05 Å². The Morgan fingerprint density at radius 3 is 2.58 bits per heavy atom. The summed E-state index contributed by atoms with van der Waals surface area (Å²) in [6.07, 6.45) is 0. The summed E-state index contributed by atoms with van der Waals surface area (Å²) in [4.78, 5) is 11.3. The van der Waals surface area contributed by atoms with E-state index in [0.717, 1.165) is 0 Å². The van der Waals surface area contributed by atoms with Gasteiger partial charge in [-0.2, -0.15) is 0 Å². The van der Waals surface area contributed by atoms with E-state index in [-0.39, 0.29) is 24.4 Å². The number of aliphatic hydroxyl groups is 1. The third kappa shape index (κ3) is 1.10. The zero-order chi connectivity index (χ0) is 9.30. The topological polar surface area (TPSA) is 101 Å². The molecule has 0 aliphatic carbocycles. The Balaban J connectivity index is 3.28. The maximum atomic E-state index is 11.3. The standard InChI is InChI=1S/C6H12N4O2/c1-9-5(8)4(7)6(12)10(9)2-3-11/h11H,2-3,7-8H2,1H3/p+1. The van der Waals surface area contributed by atoms with Crippen LogP contribution in [0.4, 0.5) is 11.5 Å². The monoisotopic (exact) mass is 173 g/mol.